The standard InChI is InChI=1S/C21H26/c1-13-10-11-19(16(4)15(13)3)20-12-18-9-7-8-14(2)21(18,6)17(20)5/h7-11,17-18,20H,1-6H3. The van der Waals surface area contributed by atoms with Crippen molar-refractivity contribution in [2.45, 2.75) is 47.5 Å². The molecule has 0 nitrogen and oxygen atoms in total. The molecule has 0 saturated heterocycles. The van der Waals surface area contributed by atoms with Crippen molar-refractivity contribution in [2.24, 2.45) is 17.3 Å². The van der Waals surface area contributed by atoms with Crippen LogP contribution in [0.2, 0.25) is 0 Å². The Balaban J connectivity index is 2.05. The molecule has 0 spiro atoms. The zero-order valence-electron chi connectivity index (χ0n) is 14.1. The SMILES string of the molecule is CC1=CC=CC2[C]C(c3ccc(C)c(C)c3C)C(C)C12C. The summed E-state index contributed by atoms with van der Waals surface area (Å²) in [6, 6.07) is 4.60. The molecule has 2 aliphatic carbocycles. The average molecular weight is 278 g/mol. The van der Waals surface area contributed by atoms with Crippen molar-refractivity contribution in [3.63, 3.8) is 0 Å². The maximum Gasteiger partial charge on any atom is -0.000579 e. The molecule has 0 N–H and O–H groups in total. The van der Waals surface area contributed by atoms with E-state index in [1.165, 1.54) is 27.8 Å². The fraction of sp³-hybridized carbons (Fsp3) is 0.476. The van der Waals surface area contributed by atoms with E-state index >= 15 is 0 Å². The van der Waals surface area contributed by atoms with Gasteiger partial charge in [0.2, 0.25) is 0 Å². The van der Waals surface area contributed by atoms with Crippen LogP contribution >= 0.6 is 0 Å². The Labute approximate surface area is 130 Å². The van der Waals surface area contributed by atoms with E-state index in [0.717, 1.165) is 0 Å². The Kier molecular flexibility index (Phi) is 3.39. The van der Waals surface area contributed by atoms with Crippen molar-refractivity contribution in [1.82, 2.24) is 0 Å². The maximum atomic E-state index is 3.89. The minimum absolute atomic E-state index is 0.227. The van der Waals surface area contributed by atoms with Crippen LogP contribution in [0.25, 0.3) is 0 Å². The first-order chi connectivity index (χ1) is 9.87. The molecule has 1 aromatic rings. The highest BCUT2D eigenvalue weighted by Crippen LogP contribution is 2.59. The van der Waals surface area contributed by atoms with Gasteiger partial charge in [0.1, 0.15) is 0 Å². The predicted molar refractivity (Wildman–Crippen MR) is 90.3 cm³/mol. The Morgan fingerprint density at radius 1 is 1.05 bits per heavy atom. The third-order valence-corrected chi connectivity index (χ3v) is 6.39. The van der Waals surface area contributed by atoms with E-state index in [1.54, 1.807) is 0 Å². The number of benzene rings is 1. The van der Waals surface area contributed by atoms with Crippen LogP contribution in [0, 0.1) is 44.4 Å². The molecule has 0 bridgehead atoms. The summed E-state index contributed by atoms with van der Waals surface area (Å²) in [4.78, 5) is 0. The van der Waals surface area contributed by atoms with Crippen LogP contribution in [0.1, 0.15) is 48.9 Å². The third kappa shape index (κ3) is 1.95. The molecule has 0 amide bonds. The molecule has 4 atom stereocenters. The van der Waals surface area contributed by atoms with Crippen LogP contribution in [0.3, 0.4) is 0 Å². The summed E-state index contributed by atoms with van der Waals surface area (Å²) in [5, 5.41) is 0. The topological polar surface area (TPSA) is 0 Å². The molecule has 0 aromatic heterocycles. The van der Waals surface area contributed by atoms with Gasteiger partial charge in [-0.15, -0.1) is 0 Å². The van der Waals surface area contributed by atoms with Crippen LogP contribution in [-0.2, 0) is 0 Å². The first-order valence-corrected chi connectivity index (χ1v) is 8.05. The molecule has 4 unspecified atom stereocenters. The van der Waals surface area contributed by atoms with Crippen molar-refractivity contribution in [3.05, 3.63) is 64.6 Å². The largest absolute Gasteiger partial charge is 0.0799 e. The van der Waals surface area contributed by atoms with Crippen LogP contribution < -0.4 is 0 Å². The molecule has 0 aliphatic heterocycles. The zero-order valence-corrected chi connectivity index (χ0v) is 14.1. The van der Waals surface area contributed by atoms with Gasteiger partial charge in [0, 0.05) is 0 Å². The molecule has 1 saturated carbocycles. The number of aryl methyl sites for hydroxylation is 1. The summed E-state index contributed by atoms with van der Waals surface area (Å²) in [5.41, 5.74) is 7.48. The number of rotatable bonds is 1. The summed E-state index contributed by atoms with van der Waals surface area (Å²) >= 11 is 0. The molecule has 0 heteroatoms. The Bertz CT molecular complexity index is 632. The summed E-state index contributed by atoms with van der Waals surface area (Å²) in [6.07, 6.45) is 10.7. The van der Waals surface area contributed by atoms with Crippen LogP contribution in [0.15, 0.2) is 35.9 Å². The van der Waals surface area contributed by atoms with Crippen molar-refractivity contribution < 1.29 is 0 Å². The maximum absolute atomic E-state index is 3.89. The number of hydrogen-bond acceptors (Lipinski definition) is 0. The molecule has 2 radical (unpaired) electrons. The van der Waals surface area contributed by atoms with Gasteiger partial charge in [-0.1, -0.05) is 49.8 Å². The van der Waals surface area contributed by atoms with E-state index in [9.17, 15) is 0 Å². The first-order valence-electron chi connectivity index (χ1n) is 8.05. The second-order valence-corrected chi connectivity index (χ2v) is 7.15. The highest BCUT2D eigenvalue weighted by Gasteiger charge is 2.51. The molecule has 21 heavy (non-hydrogen) atoms. The van der Waals surface area contributed by atoms with Gasteiger partial charge in [-0.3, -0.25) is 0 Å². The second kappa shape index (κ2) is 4.87. The quantitative estimate of drug-likeness (QED) is 0.630. The van der Waals surface area contributed by atoms with E-state index < -0.39 is 0 Å². The molecule has 3 rings (SSSR count). The molecular formula is C21H26. The molecule has 1 fully saturated rings. The van der Waals surface area contributed by atoms with E-state index in [4.69, 9.17) is 0 Å². The lowest BCUT2D eigenvalue weighted by Crippen LogP contribution is -2.30. The minimum atomic E-state index is 0.227. The van der Waals surface area contributed by atoms with Crippen molar-refractivity contribution in [1.29, 1.82) is 0 Å². The average Bonchev–Trinajstić information content (AvgIpc) is 2.72. The van der Waals surface area contributed by atoms with Gasteiger partial charge in [-0.2, -0.15) is 0 Å². The summed E-state index contributed by atoms with van der Waals surface area (Å²) in [7, 11) is 0. The Morgan fingerprint density at radius 2 is 1.76 bits per heavy atom. The van der Waals surface area contributed by atoms with E-state index in [-0.39, 0.29) is 5.41 Å². The number of hydrogen-bond donors (Lipinski definition) is 0. The normalized spacial score (nSPS) is 34.8. The van der Waals surface area contributed by atoms with Gasteiger partial charge >= 0.3 is 0 Å². The number of allylic oxidation sites excluding steroid dienone is 4. The van der Waals surface area contributed by atoms with Crippen LogP contribution in [0.5, 0.6) is 0 Å². The fourth-order valence-electron chi connectivity index (χ4n) is 4.16. The second-order valence-electron chi connectivity index (χ2n) is 7.15. The molecule has 0 heterocycles. The van der Waals surface area contributed by atoms with Gasteiger partial charge in [-0.05, 0) is 79.5 Å². The highest BCUT2D eigenvalue weighted by molar-refractivity contribution is 5.45. The Hall–Kier alpha value is -1.30. The molecule has 110 valence electrons. The molecule has 1 aromatic carbocycles. The molecule has 2 aliphatic rings. The van der Waals surface area contributed by atoms with Gasteiger partial charge < -0.3 is 0 Å². The molecular weight excluding hydrogens is 252 g/mol. The van der Waals surface area contributed by atoms with Crippen molar-refractivity contribution in [2.75, 3.05) is 0 Å². The fourth-order valence-corrected chi connectivity index (χ4v) is 4.16. The Morgan fingerprint density at radius 3 is 2.43 bits per heavy atom. The van der Waals surface area contributed by atoms with E-state index in [0.29, 0.717) is 17.8 Å². The lowest BCUT2D eigenvalue weighted by atomic mass is 9.66. The monoisotopic (exact) mass is 278 g/mol. The van der Waals surface area contributed by atoms with Crippen LogP contribution in [-0.4, -0.2) is 0 Å². The van der Waals surface area contributed by atoms with Crippen molar-refractivity contribution in [3.8, 4) is 0 Å². The summed E-state index contributed by atoms with van der Waals surface area (Å²) < 4.78 is 0. The lowest BCUT2D eigenvalue weighted by molar-refractivity contribution is 0.250. The smallest absolute Gasteiger partial charge is 0.000579 e. The van der Waals surface area contributed by atoms with Crippen LogP contribution in [0.4, 0.5) is 0 Å². The minimum Gasteiger partial charge on any atom is -0.0799 e. The lowest BCUT2D eigenvalue weighted by Gasteiger charge is -2.38. The predicted octanol–water partition coefficient (Wildman–Crippen LogP) is 5.57. The van der Waals surface area contributed by atoms with Gasteiger partial charge in [0.15, 0.2) is 0 Å². The zero-order chi connectivity index (χ0) is 15.4. The van der Waals surface area contributed by atoms with Gasteiger partial charge in [0.05, 0.1) is 0 Å². The highest BCUT2D eigenvalue weighted by atomic mass is 14.5. The van der Waals surface area contributed by atoms with Crippen molar-refractivity contribution >= 4 is 0 Å². The van der Waals surface area contributed by atoms with E-state index in [2.05, 4.69) is 78.3 Å². The number of fused-ring (bicyclic) bond motifs is 1. The summed E-state index contributed by atoms with van der Waals surface area (Å²) in [6.45, 7) is 13.8. The van der Waals surface area contributed by atoms with E-state index in [1.807, 2.05) is 0 Å². The van der Waals surface area contributed by atoms with Gasteiger partial charge in [-0.25, -0.2) is 0 Å². The third-order valence-electron chi connectivity index (χ3n) is 6.39. The van der Waals surface area contributed by atoms with Gasteiger partial charge in [0.25, 0.3) is 0 Å². The first kappa shape index (κ1) is 14.6. The summed E-state index contributed by atoms with van der Waals surface area (Å²) in [5.74, 6) is 1.47.